The van der Waals surface area contributed by atoms with E-state index in [1.807, 2.05) is 0 Å². The summed E-state index contributed by atoms with van der Waals surface area (Å²) in [6.45, 7) is 2.12. The lowest BCUT2D eigenvalue weighted by Gasteiger charge is -2.13. The van der Waals surface area contributed by atoms with Gasteiger partial charge in [-0.15, -0.1) is 0 Å². The third-order valence-corrected chi connectivity index (χ3v) is 3.00. The van der Waals surface area contributed by atoms with Crippen LogP contribution in [0.1, 0.15) is 49.4 Å². The number of halogens is 2. The fourth-order valence-corrected chi connectivity index (χ4v) is 1.60. The zero-order valence-corrected chi connectivity index (χ0v) is 10.5. The molecule has 0 bridgehead atoms. The molecule has 0 aromatic carbocycles. The summed E-state index contributed by atoms with van der Waals surface area (Å²) in [6, 6.07) is 0.466. The van der Waals surface area contributed by atoms with Gasteiger partial charge in [0, 0.05) is 31.5 Å². The zero-order chi connectivity index (χ0) is 13.1. The normalized spacial score (nSPS) is 17.2. The SMILES string of the molecule is COC(C)c1ncc(CNC2CC2)c(C(F)F)n1. The van der Waals surface area contributed by atoms with Gasteiger partial charge in [-0.25, -0.2) is 18.7 Å². The van der Waals surface area contributed by atoms with E-state index < -0.39 is 6.43 Å². The molecule has 0 saturated heterocycles. The molecule has 0 aliphatic heterocycles. The molecule has 1 aliphatic carbocycles. The smallest absolute Gasteiger partial charge is 0.280 e. The molecule has 0 radical (unpaired) electrons. The summed E-state index contributed by atoms with van der Waals surface area (Å²) in [5.74, 6) is 0.294. The minimum absolute atomic E-state index is 0.197. The number of nitrogens with one attached hydrogen (secondary N) is 1. The maximum absolute atomic E-state index is 13.0. The van der Waals surface area contributed by atoms with Crippen molar-refractivity contribution >= 4 is 0 Å². The second kappa shape index (κ2) is 5.67. The van der Waals surface area contributed by atoms with Crippen LogP contribution in [-0.2, 0) is 11.3 Å². The number of nitrogens with zero attached hydrogens (tertiary/aromatic N) is 2. The van der Waals surface area contributed by atoms with Crippen molar-refractivity contribution in [2.45, 2.75) is 44.9 Å². The molecule has 2 rings (SSSR count). The average molecular weight is 257 g/mol. The van der Waals surface area contributed by atoms with Gasteiger partial charge in [0.2, 0.25) is 0 Å². The first kappa shape index (κ1) is 13.3. The van der Waals surface area contributed by atoms with Crippen LogP contribution in [0.4, 0.5) is 8.78 Å². The Kier molecular flexibility index (Phi) is 4.19. The van der Waals surface area contributed by atoms with Crippen molar-refractivity contribution in [1.82, 2.24) is 15.3 Å². The largest absolute Gasteiger partial charge is 0.374 e. The number of hydrogen-bond acceptors (Lipinski definition) is 4. The molecule has 1 heterocycles. The minimum Gasteiger partial charge on any atom is -0.374 e. The topological polar surface area (TPSA) is 47.0 Å². The van der Waals surface area contributed by atoms with E-state index in [1.165, 1.54) is 13.3 Å². The Morgan fingerprint density at radius 1 is 1.50 bits per heavy atom. The van der Waals surface area contributed by atoms with Crippen LogP contribution in [0, 0.1) is 0 Å². The van der Waals surface area contributed by atoms with Gasteiger partial charge in [-0.2, -0.15) is 0 Å². The number of methoxy groups -OCH3 is 1. The Balaban J connectivity index is 2.16. The molecule has 1 saturated carbocycles. The van der Waals surface area contributed by atoms with Crippen molar-refractivity contribution in [3.05, 3.63) is 23.3 Å². The Hall–Kier alpha value is -1.14. The van der Waals surface area contributed by atoms with E-state index in [0.717, 1.165) is 12.8 Å². The highest BCUT2D eigenvalue weighted by Gasteiger charge is 2.23. The highest BCUT2D eigenvalue weighted by atomic mass is 19.3. The van der Waals surface area contributed by atoms with Crippen molar-refractivity contribution in [1.29, 1.82) is 0 Å². The summed E-state index contributed by atoms with van der Waals surface area (Å²) in [5.41, 5.74) is 0.265. The van der Waals surface area contributed by atoms with Crippen molar-refractivity contribution < 1.29 is 13.5 Å². The molecular formula is C12H17F2N3O. The second-order valence-corrected chi connectivity index (χ2v) is 4.47. The van der Waals surface area contributed by atoms with Gasteiger partial charge in [0.25, 0.3) is 6.43 Å². The van der Waals surface area contributed by atoms with Gasteiger partial charge in [0.15, 0.2) is 5.82 Å². The molecule has 1 aromatic rings. The Labute approximate surface area is 105 Å². The lowest BCUT2D eigenvalue weighted by atomic mass is 10.2. The van der Waals surface area contributed by atoms with Crippen molar-refractivity contribution in [2.24, 2.45) is 0 Å². The molecule has 100 valence electrons. The van der Waals surface area contributed by atoms with Crippen molar-refractivity contribution in [3.8, 4) is 0 Å². The standard InChI is InChI=1S/C12H17F2N3O/c1-7(18-2)12-16-6-8(5-15-9-3-4-9)10(17-12)11(13)14/h6-7,9,11,15H,3-5H2,1-2H3. The monoisotopic (exact) mass is 257 g/mol. The van der Waals surface area contributed by atoms with Crippen molar-refractivity contribution in [2.75, 3.05) is 7.11 Å². The highest BCUT2D eigenvalue weighted by molar-refractivity contribution is 5.19. The summed E-state index contributed by atoms with van der Waals surface area (Å²) >= 11 is 0. The molecule has 6 heteroatoms. The van der Waals surface area contributed by atoms with Gasteiger partial charge in [0.1, 0.15) is 11.8 Å². The molecule has 1 unspecified atom stereocenters. The van der Waals surface area contributed by atoms with Gasteiger partial charge in [0.05, 0.1) is 0 Å². The quantitative estimate of drug-likeness (QED) is 0.850. The van der Waals surface area contributed by atoms with Gasteiger partial charge in [-0.05, 0) is 19.8 Å². The second-order valence-electron chi connectivity index (χ2n) is 4.47. The van der Waals surface area contributed by atoms with E-state index in [1.54, 1.807) is 6.92 Å². The minimum atomic E-state index is -2.59. The van der Waals surface area contributed by atoms with E-state index in [2.05, 4.69) is 15.3 Å². The highest BCUT2D eigenvalue weighted by Crippen LogP contribution is 2.24. The first-order valence-electron chi connectivity index (χ1n) is 6.02. The summed E-state index contributed by atoms with van der Waals surface area (Å²) in [4.78, 5) is 8.00. The number of aromatic nitrogens is 2. The van der Waals surface area contributed by atoms with E-state index in [9.17, 15) is 8.78 Å². The van der Waals surface area contributed by atoms with Crippen molar-refractivity contribution in [3.63, 3.8) is 0 Å². The maximum Gasteiger partial charge on any atom is 0.280 e. The maximum atomic E-state index is 13.0. The predicted octanol–water partition coefficient (Wildman–Crippen LogP) is 2.37. The molecule has 4 nitrogen and oxygen atoms in total. The predicted molar refractivity (Wildman–Crippen MR) is 62.3 cm³/mol. The van der Waals surface area contributed by atoms with Crippen LogP contribution in [0.5, 0.6) is 0 Å². The molecule has 0 spiro atoms. The Bertz CT molecular complexity index is 410. The lowest BCUT2D eigenvalue weighted by molar-refractivity contribution is 0.108. The van der Waals surface area contributed by atoms with Gasteiger partial charge >= 0.3 is 0 Å². The molecule has 1 N–H and O–H groups in total. The van der Waals surface area contributed by atoms with Crippen LogP contribution in [0.2, 0.25) is 0 Å². The molecular weight excluding hydrogens is 240 g/mol. The molecule has 18 heavy (non-hydrogen) atoms. The summed E-state index contributed by atoms with van der Waals surface area (Å²) < 4.78 is 30.9. The van der Waals surface area contributed by atoms with Crippen LogP contribution in [0.3, 0.4) is 0 Å². The van der Waals surface area contributed by atoms with Gasteiger partial charge in [-0.1, -0.05) is 0 Å². The third-order valence-electron chi connectivity index (χ3n) is 3.00. The molecule has 1 fully saturated rings. The Morgan fingerprint density at radius 2 is 2.22 bits per heavy atom. The van der Waals surface area contributed by atoms with Crippen LogP contribution >= 0.6 is 0 Å². The van der Waals surface area contributed by atoms with Gasteiger partial charge in [-0.3, -0.25) is 0 Å². The fraction of sp³-hybridized carbons (Fsp3) is 0.667. The van der Waals surface area contributed by atoms with Gasteiger partial charge < -0.3 is 10.1 Å². The van der Waals surface area contributed by atoms with E-state index >= 15 is 0 Å². The first-order valence-corrected chi connectivity index (χ1v) is 6.02. The van der Waals surface area contributed by atoms with Crippen LogP contribution in [-0.4, -0.2) is 23.1 Å². The van der Waals surface area contributed by atoms with E-state index in [0.29, 0.717) is 24.0 Å². The summed E-state index contributed by atoms with van der Waals surface area (Å²) in [7, 11) is 1.50. The summed E-state index contributed by atoms with van der Waals surface area (Å²) in [6.07, 6.45) is 0.724. The fourth-order valence-electron chi connectivity index (χ4n) is 1.60. The molecule has 1 aliphatic rings. The first-order chi connectivity index (χ1) is 8.61. The van der Waals surface area contributed by atoms with Crippen LogP contribution < -0.4 is 5.32 Å². The number of rotatable bonds is 6. The zero-order valence-electron chi connectivity index (χ0n) is 10.5. The van der Waals surface area contributed by atoms with Crippen LogP contribution in [0.15, 0.2) is 6.20 Å². The third kappa shape index (κ3) is 3.20. The number of ether oxygens (including phenoxy) is 1. The summed E-state index contributed by atoms with van der Waals surface area (Å²) in [5, 5.41) is 3.19. The number of alkyl halides is 2. The van der Waals surface area contributed by atoms with Crippen LogP contribution in [0.25, 0.3) is 0 Å². The average Bonchev–Trinajstić information content (AvgIpc) is 3.19. The molecule has 1 aromatic heterocycles. The molecule has 1 atom stereocenters. The van der Waals surface area contributed by atoms with E-state index in [-0.39, 0.29) is 11.8 Å². The molecule has 0 amide bonds. The lowest BCUT2D eigenvalue weighted by Crippen LogP contribution is -2.18. The van der Waals surface area contributed by atoms with E-state index in [4.69, 9.17) is 4.74 Å². The number of hydrogen-bond donors (Lipinski definition) is 1. The Morgan fingerprint density at radius 3 is 2.78 bits per heavy atom.